The Balaban J connectivity index is 1.36. The molecule has 0 saturated heterocycles. The Morgan fingerprint density at radius 3 is 2.39 bits per heavy atom. The molecule has 2 aliphatic carbocycles. The average Bonchev–Trinajstić information content (AvgIpc) is 3.28. The molecule has 2 aliphatic rings. The molecule has 3 N–H and O–H groups in total. The number of carbonyl (C=O) groups is 3. The summed E-state index contributed by atoms with van der Waals surface area (Å²) in [7, 11) is 0. The molecule has 2 aromatic carbocycles. The van der Waals surface area contributed by atoms with Crippen molar-refractivity contribution in [2.24, 2.45) is 0 Å². The number of rotatable bonds is 4. The number of carbonyl (C=O) groups excluding carboxylic acids is 3. The Morgan fingerprint density at radius 1 is 0.929 bits per heavy atom. The summed E-state index contributed by atoms with van der Waals surface area (Å²) in [5.41, 5.74) is 2.50. The van der Waals surface area contributed by atoms with Gasteiger partial charge in [0.05, 0.1) is 0 Å². The molecule has 0 aromatic heterocycles. The van der Waals surface area contributed by atoms with Crippen LogP contribution in [0.3, 0.4) is 0 Å². The zero-order valence-electron chi connectivity index (χ0n) is 15.4. The van der Waals surface area contributed by atoms with Crippen molar-refractivity contribution in [3.63, 3.8) is 0 Å². The highest BCUT2D eigenvalue weighted by atomic mass is 16.3. The summed E-state index contributed by atoms with van der Waals surface area (Å²) in [4.78, 5) is 36.9. The van der Waals surface area contributed by atoms with Gasteiger partial charge in [0, 0.05) is 35.2 Å². The van der Waals surface area contributed by atoms with Crippen molar-refractivity contribution in [3.8, 4) is 5.75 Å². The highest BCUT2D eigenvalue weighted by Crippen LogP contribution is 2.26. The summed E-state index contributed by atoms with van der Waals surface area (Å²) in [5, 5.41) is 15.5. The van der Waals surface area contributed by atoms with E-state index in [1.165, 1.54) is 12.1 Å². The predicted octanol–water partition coefficient (Wildman–Crippen LogP) is 2.60. The van der Waals surface area contributed by atoms with E-state index in [0.29, 0.717) is 36.0 Å². The maximum Gasteiger partial charge on any atom is 0.251 e. The summed E-state index contributed by atoms with van der Waals surface area (Å²) in [6.07, 6.45) is 3.30. The van der Waals surface area contributed by atoms with Crippen LogP contribution in [0.1, 0.15) is 62.3 Å². The summed E-state index contributed by atoms with van der Waals surface area (Å²) < 4.78 is 0. The van der Waals surface area contributed by atoms with E-state index in [0.717, 1.165) is 18.4 Å². The minimum Gasteiger partial charge on any atom is -0.508 e. The Hall–Kier alpha value is -3.15. The first-order valence-electron chi connectivity index (χ1n) is 9.57. The minimum absolute atomic E-state index is 0.0186. The average molecular weight is 378 g/mol. The molecule has 0 spiro atoms. The molecule has 1 saturated carbocycles. The molecule has 2 amide bonds. The number of Topliss-reactive ketones (excluding diaryl/α,β-unsaturated/α-hetero) is 1. The van der Waals surface area contributed by atoms with Gasteiger partial charge in [0.2, 0.25) is 0 Å². The van der Waals surface area contributed by atoms with Gasteiger partial charge in [0.15, 0.2) is 5.78 Å². The lowest BCUT2D eigenvalue weighted by molar-refractivity contribution is 0.0934. The molecule has 0 radical (unpaired) electrons. The molecular weight excluding hydrogens is 356 g/mol. The molecule has 2 aromatic rings. The van der Waals surface area contributed by atoms with Gasteiger partial charge in [-0.2, -0.15) is 0 Å². The van der Waals surface area contributed by atoms with E-state index in [-0.39, 0.29) is 35.4 Å². The zero-order valence-corrected chi connectivity index (χ0v) is 15.4. The van der Waals surface area contributed by atoms with E-state index in [1.807, 2.05) is 0 Å². The van der Waals surface area contributed by atoms with E-state index in [9.17, 15) is 19.5 Å². The molecular formula is C22H22N2O4. The molecule has 6 nitrogen and oxygen atoms in total. The van der Waals surface area contributed by atoms with E-state index in [1.54, 1.807) is 30.3 Å². The highest BCUT2D eigenvalue weighted by Gasteiger charge is 2.29. The first-order chi connectivity index (χ1) is 13.5. The zero-order chi connectivity index (χ0) is 19.7. The van der Waals surface area contributed by atoms with Gasteiger partial charge < -0.3 is 15.7 Å². The van der Waals surface area contributed by atoms with Gasteiger partial charge in [-0.25, -0.2) is 0 Å². The van der Waals surface area contributed by atoms with Crippen molar-refractivity contribution < 1.29 is 19.5 Å². The van der Waals surface area contributed by atoms with Crippen LogP contribution in [0.5, 0.6) is 5.75 Å². The molecule has 144 valence electrons. The van der Waals surface area contributed by atoms with Crippen LogP contribution in [-0.2, 0) is 6.42 Å². The lowest BCUT2D eigenvalue weighted by Gasteiger charge is -2.16. The normalized spacial score (nSPS) is 20.6. The van der Waals surface area contributed by atoms with E-state index < -0.39 is 0 Å². The second kappa shape index (κ2) is 7.46. The lowest BCUT2D eigenvalue weighted by Crippen LogP contribution is -2.37. The molecule has 2 atom stereocenters. The second-order valence-electron chi connectivity index (χ2n) is 7.46. The van der Waals surface area contributed by atoms with Gasteiger partial charge in [0.25, 0.3) is 11.8 Å². The first-order valence-corrected chi connectivity index (χ1v) is 9.57. The maximum absolute atomic E-state index is 12.7. The topological polar surface area (TPSA) is 95.5 Å². The van der Waals surface area contributed by atoms with Crippen LogP contribution in [0, 0.1) is 0 Å². The van der Waals surface area contributed by atoms with Crippen LogP contribution in [0.15, 0.2) is 42.5 Å². The van der Waals surface area contributed by atoms with E-state index >= 15 is 0 Å². The van der Waals surface area contributed by atoms with Crippen molar-refractivity contribution in [2.45, 2.75) is 44.2 Å². The van der Waals surface area contributed by atoms with Crippen molar-refractivity contribution >= 4 is 17.6 Å². The Labute approximate surface area is 163 Å². The number of phenolic OH excluding ortho intramolecular Hbond substituents is 1. The van der Waals surface area contributed by atoms with Crippen LogP contribution in [0.2, 0.25) is 0 Å². The number of nitrogens with one attached hydrogen (secondary N) is 2. The van der Waals surface area contributed by atoms with Gasteiger partial charge in [0.1, 0.15) is 5.75 Å². The fourth-order valence-electron chi connectivity index (χ4n) is 4.13. The third kappa shape index (κ3) is 3.63. The van der Waals surface area contributed by atoms with Gasteiger partial charge in [-0.1, -0.05) is 18.2 Å². The third-order valence-corrected chi connectivity index (χ3v) is 5.53. The fraction of sp³-hybridized carbons (Fsp3) is 0.318. The molecule has 0 unspecified atom stereocenters. The predicted molar refractivity (Wildman–Crippen MR) is 104 cm³/mol. The van der Waals surface area contributed by atoms with Gasteiger partial charge >= 0.3 is 0 Å². The standard InChI is InChI=1S/C22H22N2O4/c25-16-4-1-3-13(11-16)21(27)23-14-7-8-15(12-14)24-22(28)19-6-2-5-18-17(19)9-10-20(18)26/h1-6,11,14-15,25H,7-10,12H2,(H,23,27)(H,24,28)/t14-,15+/m0/s1. The van der Waals surface area contributed by atoms with Gasteiger partial charge in [-0.05, 0) is 55.5 Å². The number of ketones is 1. The number of hydrogen-bond acceptors (Lipinski definition) is 4. The Bertz CT molecular complexity index is 953. The molecule has 28 heavy (non-hydrogen) atoms. The molecule has 0 bridgehead atoms. The molecule has 0 aliphatic heterocycles. The molecule has 1 fully saturated rings. The largest absolute Gasteiger partial charge is 0.508 e. The summed E-state index contributed by atoms with van der Waals surface area (Å²) in [6.45, 7) is 0. The van der Waals surface area contributed by atoms with Crippen molar-refractivity contribution in [1.82, 2.24) is 10.6 Å². The van der Waals surface area contributed by atoms with Gasteiger partial charge in [-0.3, -0.25) is 14.4 Å². The third-order valence-electron chi connectivity index (χ3n) is 5.53. The number of amides is 2. The highest BCUT2D eigenvalue weighted by molar-refractivity contribution is 6.05. The summed E-state index contributed by atoms with van der Waals surface area (Å²) in [5.74, 6) is -0.234. The molecule has 0 heterocycles. The van der Waals surface area contributed by atoms with Crippen LogP contribution in [0.25, 0.3) is 0 Å². The summed E-state index contributed by atoms with van der Waals surface area (Å²) >= 11 is 0. The van der Waals surface area contributed by atoms with E-state index in [4.69, 9.17) is 0 Å². The van der Waals surface area contributed by atoms with Crippen molar-refractivity contribution in [2.75, 3.05) is 0 Å². The quantitative estimate of drug-likeness (QED) is 0.762. The van der Waals surface area contributed by atoms with Crippen LogP contribution < -0.4 is 10.6 Å². The number of hydrogen-bond donors (Lipinski definition) is 3. The van der Waals surface area contributed by atoms with Crippen molar-refractivity contribution in [1.29, 1.82) is 0 Å². The van der Waals surface area contributed by atoms with Crippen LogP contribution in [-0.4, -0.2) is 34.8 Å². The smallest absolute Gasteiger partial charge is 0.251 e. The second-order valence-corrected chi connectivity index (χ2v) is 7.46. The van der Waals surface area contributed by atoms with Gasteiger partial charge in [-0.15, -0.1) is 0 Å². The summed E-state index contributed by atoms with van der Waals surface area (Å²) in [6, 6.07) is 11.5. The molecule has 6 heteroatoms. The number of benzene rings is 2. The first kappa shape index (κ1) is 18.2. The van der Waals surface area contributed by atoms with Crippen molar-refractivity contribution in [3.05, 3.63) is 64.7 Å². The minimum atomic E-state index is -0.229. The number of phenols is 1. The maximum atomic E-state index is 12.7. The lowest BCUT2D eigenvalue weighted by atomic mass is 10.0. The monoisotopic (exact) mass is 378 g/mol. The SMILES string of the molecule is O=C(N[C@H]1CC[C@@H](NC(=O)c2cccc3c2CCC3=O)C1)c1cccc(O)c1. The molecule has 4 rings (SSSR count). The van der Waals surface area contributed by atoms with Crippen LogP contribution in [0.4, 0.5) is 0 Å². The fourth-order valence-corrected chi connectivity index (χ4v) is 4.13. The number of aromatic hydroxyl groups is 1. The Morgan fingerprint density at radius 2 is 1.64 bits per heavy atom. The van der Waals surface area contributed by atoms with E-state index in [2.05, 4.69) is 10.6 Å². The number of fused-ring (bicyclic) bond motifs is 1. The van der Waals surface area contributed by atoms with Crippen LogP contribution >= 0.6 is 0 Å². The Kier molecular flexibility index (Phi) is 4.86.